The van der Waals surface area contributed by atoms with Crippen LogP contribution in [0, 0.1) is 0 Å². The Kier molecular flexibility index (Phi) is 13.8. The molecule has 0 fully saturated rings. The summed E-state index contributed by atoms with van der Waals surface area (Å²) in [6.07, 6.45) is 12.0. The van der Waals surface area contributed by atoms with Crippen molar-refractivity contribution in [1.29, 1.82) is 0 Å². The summed E-state index contributed by atoms with van der Waals surface area (Å²) < 4.78 is 4.24. The Morgan fingerprint density at radius 1 is 0.649 bits per heavy atom. The molecule has 4 heterocycles. The molecule has 2 unspecified atom stereocenters. The summed E-state index contributed by atoms with van der Waals surface area (Å²) in [6, 6.07) is 9.60. The summed E-state index contributed by atoms with van der Waals surface area (Å²) in [4.78, 5) is 17.1. The molecule has 204 valence electrons. The van der Waals surface area contributed by atoms with Crippen molar-refractivity contribution in [2.24, 2.45) is 0 Å². The van der Waals surface area contributed by atoms with E-state index in [2.05, 4.69) is 78.8 Å². The smallest absolute Gasteiger partial charge is 0.177 e. The predicted molar refractivity (Wildman–Crippen MR) is 155 cm³/mol. The summed E-state index contributed by atoms with van der Waals surface area (Å²) in [7, 11) is 5.99. The zero-order chi connectivity index (χ0) is 27.0. The van der Waals surface area contributed by atoms with Gasteiger partial charge in [-0.3, -0.25) is 0 Å². The Bertz CT molecular complexity index is 1040. The van der Waals surface area contributed by atoms with E-state index in [1.807, 2.05) is 52.0 Å². The van der Waals surface area contributed by atoms with Crippen molar-refractivity contribution in [2.45, 2.75) is 84.6 Å². The molecule has 0 aliphatic heterocycles. The second-order valence-electron chi connectivity index (χ2n) is 9.08. The summed E-state index contributed by atoms with van der Waals surface area (Å²) in [5.74, 6) is 0. The minimum absolute atomic E-state index is 0.476. The van der Waals surface area contributed by atoms with Crippen LogP contribution in [0.4, 0.5) is 0 Å². The van der Waals surface area contributed by atoms with Crippen LogP contribution in [-0.4, -0.2) is 68.3 Å². The molecule has 0 radical (unpaired) electrons. The van der Waals surface area contributed by atoms with Crippen molar-refractivity contribution in [3.8, 4) is 0 Å². The van der Waals surface area contributed by atoms with Crippen molar-refractivity contribution in [1.82, 2.24) is 45.0 Å². The van der Waals surface area contributed by atoms with Gasteiger partial charge in [-0.25, -0.2) is 19.9 Å². The van der Waals surface area contributed by atoms with Crippen molar-refractivity contribution >= 4 is 22.3 Å². The molecule has 0 aliphatic carbocycles. The molecule has 4 aromatic heterocycles. The Balaban J connectivity index is 0.000000210. The van der Waals surface area contributed by atoms with Crippen molar-refractivity contribution < 1.29 is 0 Å². The lowest BCUT2D eigenvalue weighted by molar-refractivity contribution is 0.473. The minimum Gasteiger partial charge on any atom is -0.328 e. The van der Waals surface area contributed by atoms with E-state index in [1.54, 1.807) is 12.4 Å². The van der Waals surface area contributed by atoms with Crippen LogP contribution in [0.2, 0.25) is 0 Å². The molecule has 0 aliphatic rings. The Hall–Kier alpha value is -2.88. The lowest BCUT2D eigenvalue weighted by Crippen LogP contribution is -2.29. The maximum absolute atomic E-state index is 4.34. The molecule has 0 aromatic carbocycles. The largest absolute Gasteiger partial charge is 0.328 e. The van der Waals surface area contributed by atoms with Gasteiger partial charge in [0.25, 0.3) is 0 Å². The SMILES string of the molecule is CCC(CC)NC.CCC(Cn1cnc2cccnc21)NC.CCC(Cn1cnc2ncccc21)NC. The highest BCUT2D eigenvalue weighted by Crippen LogP contribution is 2.11. The lowest BCUT2D eigenvalue weighted by Gasteiger charge is -2.14. The number of nitrogens with one attached hydrogen (secondary N) is 3. The van der Waals surface area contributed by atoms with Crippen LogP contribution in [0.15, 0.2) is 49.3 Å². The van der Waals surface area contributed by atoms with E-state index in [9.17, 15) is 0 Å². The highest BCUT2D eigenvalue weighted by atomic mass is 15.1. The summed E-state index contributed by atoms with van der Waals surface area (Å²) in [6.45, 7) is 10.6. The van der Waals surface area contributed by atoms with Crippen molar-refractivity contribution in [2.75, 3.05) is 21.1 Å². The molecule has 9 nitrogen and oxygen atoms in total. The molecule has 4 aromatic rings. The first-order chi connectivity index (χ1) is 18.0. The highest BCUT2D eigenvalue weighted by Gasteiger charge is 2.08. The number of hydrogen-bond donors (Lipinski definition) is 3. The molecular formula is C28H47N9. The molecule has 2 atom stereocenters. The summed E-state index contributed by atoms with van der Waals surface area (Å²) >= 11 is 0. The molecule has 0 spiro atoms. The third-order valence-corrected chi connectivity index (χ3v) is 6.80. The van der Waals surface area contributed by atoms with E-state index in [1.165, 1.54) is 12.8 Å². The fourth-order valence-electron chi connectivity index (χ4n) is 4.10. The van der Waals surface area contributed by atoms with Crippen LogP contribution in [0.3, 0.4) is 0 Å². The van der Waals surface area contributed by atoms with Gasteiger partial charge in [0.1, 0.15) is 5.52 Å². The number of nitrogens with zero attached hydrogens (tertiary/aromatic N) is 6. The van der Waals surface area contributed by atoms with Gasteiger partial charge in [-0.2, -0.15) is 0 Å². The van der Waals surface area contributed by atoms with Crippen LogP contribution in [-0.2, 0) is 13.1 Å². The van der Waals surface area contributed by atoms with Gasteiger partial charge in [0.05, 0.1) is 18.2 Å². The molecule has 4 rings (SSSR count). The number of likely N-dealkylation sites (N-methyl/N-ethyl adjacent to an activating group) is 2. The molecule has 37 heavy (non-hydrogen) atoms. The first kappa shape index (κ1) is 30.3. The number of aromatic nitrogens is 6. The van der Waals surface area contributed by atoms with Crippen LogP contribution >= 0.6 is 0 Å². The van der Waals surface area contributed by atoms with E-state index in [4.69, 9.17) is 0 Å². The normalized spacial score (nSPS) is 12.6. The van der Waals surface area contributed by atoms with E-state index in [0.29, 0.717) is 12.1 Å². The molecule has 3 N–H and O–H groups in total. The quantitative estimate of drug-likeness (QED) is 0.278. The number of fused-ring (bicyclic) bond motifs is 2. The minimum atomic E-state index is 0.476. The topological polar surface area (TPSA) is 97.5 Å². The monoisotopic (exact) mass is 509 g/mol. The lowest BCUT2D eigenvalue weighted by atomic mass is 10.2. The van der Waals surface area contributed by atoms with Crippen LogP contribution < -0.4 is 16.0 Å². The van der Waals surface area contributed by atoms with Crippen LogP contribution in [0.1, 0.15) is 53.4 Å². The number of imidazole rings is 2. The van der Waals surface area contributed by atoms with Gasteiger partial charge in [0.2, 0.25) is 0 Å². The summed E-state index contributed by atoms with van der Waals surface area (Å²) in [5.41, 5.74) is 3.85. The highest BCUT2D eigenvalue weighted by molar-refractivity contribution is 5.70. The van der Waals surface area contributed by atoms with Gasteiger partial charge in [-0.15, -0.1) is 0 Å². The molecule has 0 bridgehead atoms. The van der Waals surface area contributed by atoms with E-state index in [-0.39, 0.29) is 0 Å². The van der Waals surface area contributed by atoms with E-state index in [0.717, 1.165) is 54.3 Å². The predicted octanol–water partition coefficient (Wildman–Crippen LogP) is 4.25. The second kappa shape index (κ2) is 16.8. The van der Waals surface area contributed by atoms with Crippen LogP contribution in [0.5, 0.6) is 0 Å². The van der Waals surface area contributed by atoms with Gasteiger partial charge in [0.15, 0.2) is 11.3 Å². The van der Waals surface area contributed by atoms with Crippen LogP contribution in [0.25, 0.3) is 22.3 Å². The zero-order valence-electron chi connectivity index (χ0n) is 23.8. The van der Waals surface area contributed by atoms with Crippen molar-refractivity contribution in [3.63, 3.8) is 0 Å². The molecule has 0 saturated carbocycles. The molecule has 0 saturated heterocycles. The standard InChI is InChI=1S/2C11H16N4.C6H15N/c1-3-9(12-2)7-15-8-14-11-10(15)5-4-6-13-11;1-3-9(12-2)7-15-8-14-10-5-4-6-13-11(10)15;1-4-6(5-2)7-3/h2*4-6,8-9,12H,3,7H2,1-2H3;6-7H,4-5H2,1-3H3. The van der Waals surface area contributed by atoms with Gasteiger partial charge in [-0.1, -0.05) is 27.7 Å². The second-order valence-corrected chi connectivity index (χ2v) is 9.08. The summed E-state index contributed by atoms with van der Waals surface area (Å²) in [5, 5.41) is 9.77. The number of rotatable bonds is 11. The van der Waals surface area contributed by atoms with Gasteiger partial charge in [-0.05, 0) is 71.1 Å². The number of pyridine rings is 2. The van der Waals surface area contributed by atoms with Gasteiger partial charge in [0, 0.05) is 43.6 Å². The fourth-order valence-corrected chi connectivity index (χ4v) is 4.10. The van der Waals surface area contributed by atoms with E-state index >= 15 is 0 Å². The maximum atomic E-state index is 4.34. The first-order valence-corrected chi connectivity index (χ1v) is 13.6. The van der Waals surface area contributed by atoms with Crippen molar-refractivity contribution in [3.05, 3.63) is 49.3 Å². The third kappa shape index (κ3) is 9.18. The van der Waals surface area contributed by atoms with Gasteiger partial charge >= 0.3 is 0 Å². The Labute approximate surface area is 222 Å². The zero-order valence-corrected chi connectivity index (χ0v) is 23.8. The average Bonchev–Trinajstić information content (AvgIpc) is 3.56. The van der Waals surface area contributed by atoms with E-state index < -0.39 is 0 Å². The van der Waals surface area contributed by atoms with Gasteiger partial charge < -0.3 is 25.1 Å². The maximum Gasteiger partial charge on any atom is 0.177 e. The third-order valence-electron chi connectivity index (χ3n) is 6.80. The average molecular weight is 510 g/mol. The first-order valence-electron chi connectivity index (χ1n) is 13.6. The molecule has 9 heteroatoms. The molecular weight excluding hydrogens is 462 g/mol. The number of hydrogen-bond acceptors (Lipinski definition) is 7. The Morgan fingerprint density at radius 3 is 1.76 bits per heavy atom. The molecule has 0 amide bonds. The Morgan fingerprint density at radius 2 is 1.19 bits per heavy atom. The fraction of sp³-hybridized carbons (Fsp3) is 0.571.